The summed E-state index contributed by atoms with van der Waals surface area (Å²) in [6, 6.07) is 4.62. The quantitative estimate of drug-likeness (QED) is 0.751. The number of nitrogens with one attached hydrogen (secondary N) is 2. The van der Waals surface area contributed by atoms with Gasteiger partial charge in [-0.1, -0.05) is 23.2 Å². The molecule has 0 unspecified atom stereocenters. The van der Waals surface area contributed by atoms with Crippen molar-refractivity contribution < 1.29 is 14.7 Å². The molecule has 0 radical (unpaired) electrons. The first-order valence-electron chi connectivity index (χ1n) is 7.61. The van der Waals surface area contributed by atoms with Crippen LogP contribution in [-0.4, -0.2) is 29.1 Å². The molecule has 2 rings (SSSR count). The van der Waals surface area contributed by atoms with Gasteiger partial charge < -0.3 is 15.7 Å². The summed E-state index contributed by atoms with van der Waals surface area (Å²) in [5, 5.41) is 16.0. The third-order valence-electron chi connectivity index (χ3n) is 4.12. The van der Waals surface area contributed by atoms with Crippen LogP contribution in [0.1, 0.15) is 32.6 Å². The maximum Gasteiger partial charge on any atom is 0.306 e. The maximum atomic E-state index is 12.3. The van der Waals surface area contributed by atoms with Crippen LogP contribution in [0.15, 0.2) is 18.2 Å². The second kappa shape index (κ2) is 7.88. The molecule has 7 heteroatoms. The molecule has 23 heavy (non-hydrogen) atoms. The van der Waals surface area contributed by atoms with E-state index in [-0.39, 0.29) is 17.9 Å². The molecule has 0 bridgehead atoms. The molecular formula is C16H20Cl2N2O3. The van der Waals surface area contributed by atoms with E-state index >= 15 is 0 Å². The molecule has 0 aliphatic heterocycles. The number of amides is 1. The van der Waals surface area contributed by atoms with Crippen LogP contribution in [0.4, 0.5) is 5.69 Å². The van der Waals surface area contributed by atoms with Gasteiger partial charge in [0, 0.05) is 11.1 Å². The summed E-state index contributed by atoms with van der Waals surface area (Å²) in [5.74, 6) is -1.16. The summed E-state index contributed by atoms with van der Waals surface area (Å²) >= 11 is 11.9. The van der Waals surface area contributed by atoms with E-state index in [0.717, 1.165) is 0 Å². The summed E-state index contributed by atoms with van der Waals surface area (Å²) in [6.45, 7) is 1.75. The lowest BCUT2D eigenvalue weighted by atomic mass is 9.86. The van der Waals surface area contributed by atoms with Gasteiger partial charge in [-0.15, -0.1) is 0 Å². The number of carbonyl (C=O) groups is 2. The van der Waals surface area contributed by atoms with Crippen LogP contribution < -0.4 is 10.6 Å². The van der Waals surface area contributed by atoms with Crippen LogP contribution in [0.25, 0.3) is 0 Å². The SMILES string of the molecule is C[C@H](Nc1ccc(Cl)cc1Cl)C(=O)NC1CCC(C(=O)O)CC1. The van der Waals surface area contributed by atoms with Crippen molar-refractivity contribution in [3.8, 4) is 0 Å². The fraction of sp³-hybridized carbons (Fsp3) is 0.500. The standard InChI is InChI=1S/C16H20Cl2N2O3/c1-9(19-14-7-4-11(17)8-13(14)18)15(21)20-12-5-2-10(3-6-12)16(22)23/h4,7-10,12,19H,2-3,5-6H2,1H3,(H,20,21)(H,22,23)/t9-,10?,12?/m0/s1. The van der Waals surface area contributed by atoms with Crippen molar-refractivity contribution in [3.63, 3.8) is 0 Å². The van der Waals surface area contributed by atoms with Gasteiger partial charge in [0.15, 0.2) is 0 Å². The minimum absolute atomic E-state index is 0.0306. The van der Waals surface area contributed by atoms with E-state index in [4.69, 9.17) is 28.3 Å². The topological polar surface area (TPSA) is 78.4 Å². The Bertz CT molecular complexity index is 587. The summed E-state index contributed by atoms with van der Waals surface area (Å²) in [7, 11) is 0. The number of benzene rings is 1. The van der Waals surface area contributed by atoms with Gasteiger partial charge in [0.2, 0.25) is 5.91 Å². The molecule has 1 aromatic carbocycles. The number of carbonyl (C=O) groups excluding carboxylic acids is 1. The maximum absolute atomic E-state index is 12.3. The highest BCUT2D eigenvalue weighted by atomic mass is 35.5. The van der Waals surface area contributed by atoms with Gasteiger partial charge in [0.05, 0.1) is 16.6 Å². The molecule has 1 aliphatic carbocycles. The monoisotopic (exact) mass is 358 g/mol. The van der Waals surface area contributed by atoms with Crippen molar-refractivity contribution in [1.29, 1.82) is 0 Å². The van der Waals surface area contributed by atoms with Gasteiger partial charge in [-0.2, -0.15) is 0 Å². The second-order valence-corrected chi connectivity index (χ2v) is 6.73. The van der Waals surface area contributed by atoms with Crippen molar-refractivity contribution in [2.45, 2.75) is 44.7 Å². The Labute approximate surface area is 145 Å². The third-order valence-corrected chi connectivity index (χ3v) is 4.67. The molecule has 1 aromatic rings. The molecule has 3 N–H and O–H groups in total. The average Bonchev–Trinajstić information content (AvgIpc) is 2.50. The van der Waals surface area contributed by atoms with Crippen molar-refractivity contribution in [1.82, 2.24) is 5.32 Å². The Morgan fingerprint density at radius 2 is 1.87 bits per heavy atom. The van der Waals surface area contributed by atoms with Gasteiger partial charge in [-0.25, -0.2) is 0 Å². The highest BCUT2D eigenvalue weighted by molar-refractivity contribution is 6.36. The van der Waals surface area contributed by atoms with Gasteiger partial charge >= 0.3 is 5.97 Å². The lowest BCUT2D eigenvalue weighted by Gasteiger charge is -2.28. The number of carboxylic acid groups (broad SMARTS) is 1. The predicted molar refractivity (Wildman–Crippen MR) is 91.1 cm³/mol. The lowest BCUT2D eigenvalue weighted by molar-refractivity contribution is -0.142. The van der Waals surface area contributed by atoms with E-state index in [2.05, 4.69) is 10.6 Å². The first-order chi connectivity index (χ1) is 10.9. The number of carboxylic acids is 1. The van der Waals surface area contributed by atoms with Crippen molar-refractivity contribution in [3.05, 3.63) is 28.2 Å². The molecule has 0 aromatic heterocycles. The van der Waals surface area contributed by atoms with E-state index < -0.39 is 12.0 Å². The van der Waals surface area contributed by atoms with Gasteiger partial charge in [0.1, 0.15) is 6.04 Å². The van der Waals surface area contributed by atoms with Crippen LogP contribution in [-0.2, 0) is 9.59 Å². The normalized spacial score (nSPS) is 22.2. The molecule has 126 valence electrons. The zero-order chi connectivity index (χ0) is 17.0. The summed E-state index contributed by atoms with van der Waals surface area (Å²) in [5.41, 5.74) is 0.647. The number of rotatable bonds is 5. The number of halogens is 2. The van der Waals surface area contributed by atoms with E-state index in [1.807, 2.05) is 0 Å². The van der Waals surface area contributed by atoms with E-state index in [0.29, 0.717) is 41.4 Å². The number of anilines is 1. The largest absolute Gasteiger partial charge is 0.481 e. The number of aliphatic carboxylic acids is 1. The van der Waals surface area contributed by atoms with E-state index in [9.17, 15) is 9.59 Å². The Balaban J connectivity index is 1.85. The molecule has 0 saturated heterocycles. The molecule has 1 saturated carbocycles. The molecular weight excluding hydrogens is 339 g/mol. The Morgan fingerprint density at radius 3 is 2.43 bits per heavy atom. The summed E-state index contributed by atoms with van der Waals surface area (Å²) in [4.78, 5) is 23.2. The lowest BCUT2D eigenvalue weighted by Crippen LogP contribution is -2.45. The Hall–Kier alpha value is -1.46. The minimum Gasteiger partial charge on any atom is -0.481 e. The molecule has 1 aliphatic rings. The van der Waals surface area contributed by atoms with Crippen molar-refractivity contribution in [2.24, 2.45) is 5.92 Å². The zero-order valence-corrected chi connectivity index (χ0v) is 14.3. The molecule has 1 amide bonds. The fourth-order valence-electron chi connectivity index (χ4n) is 2.72. The van der Waals surface area contributed by atoms with Crippen LogP contribution in [0.2, 0.25) is 10.0 Å². The summed E-state index contributed by atoms with van der Waals surface area (Å²) in [6.07, 6.45) is 2.59. The molecule has 0 spiro atoms. The van der Waals surface area contributed by atoms with Gasteiger partial charge in [-0.3, -0.25) is 9.59 Å². The second-order valence-electron chi connectivity index (χ2n) is 5.89. The predicted octanol–water partition coefficient (Wildman–Crippen LogP) is 3.55. The Morgan fingerprint density at radius 1 is 1.22 bits per heavy atom. The van der Waals surface area contributed by atoms with Gasteiger partial charge in [-0.05, 0) is 50.8 Å². The highest BCUT2D eigenvalue weighted by Crippen LogP contribution is 2.26. The van der Waals surface area contributed by atoms with Crippen molar-refractivity contribution in [2.75, 3.05) is 5.32 Å². The number of hydrogen-bond donors (Lipinski definition) is 3. The molecule has 0 heterocycles. The van der Waals surface area contributed by atoms with Crippen molar-refractivity contribution >= 4 is 40.8 Å². The first kappa shape index (κ1) is 17.9. The fourth-order valence-corrected chi connectivity index (χ4v) is 3.18. The molecule has 1 atom stereocenters. The van der Waals surface area contributed by atoms with Crippen LogP contribution >= 0.6 is 23.2 Å². The molecule has 5 nitrogen and oxygen atoms in total. The van der Waals surface area contributed by atoms with Crippen LogP contribution in [0.3, 0.4) is 0 Å². The Kier molecular flexibility index (Phi) is 6.13. The molecule has 1 fully saturated rings. The summed E-state index contributed by atoms with van der Waals surface area (Å²) < 4.78 is 0. The number of hydrogen-bond acceptors (Lipinski definition) is 3. The minimum atomic E-state index is -0.748. The average molecular weight is 359 g/mol. The van der Waals surface area contributed by atoms with Gasteiger partial charge in [0.25, 0.3) is 0 Å². The van der Waals surface area contributed by atoms with E-state index in [1.165, 1.54) is 0 Å². The first-order valence-corrected chi connectivity index (χ1v) is 8.37. The van der Waals surface area contributed by atoms with E-state index in [1.54, 1.807) is 25.1 Å². The van der Waals surface area contributed by atoms with Crippen LogP contribution in [0, 0.1) is 5.92 Å². The third kappa shape index (κ3) is 5.01. The van der Waals surface area contributed by atoms with Crippen LogP contribution in [0.5, 0.6) is 0 Å². The highest BCUT2D eigenvalue weighted by Gasteiger charge is 2.27. The zero-order valence-electron chi connectivity index (χ0n) is 12.8. The smallest absolute Gasteiger partial charge is 0.306 e.